The molecular formula is C11H11BrO4S. The molecule has 1 aromatic carbocycles. The lowest BCUT2D eigenvalue weighted by atomic mass is 10.0. The predicted molar refractivity (Wildman–Crippen MR) is 69.0 cm³/mol. The minimum atomic E-state index is -1.64. The van der Waals surface area contributed by atoms with Crippen molar-refractivity contribution in [1.82, 2.24) is 0 Å². The van der Waals surface area contributed by atoms with Crippen LogP contribution in [0.5, 0.6) is 0 Å². The van der Waals surface area contributed by atoms with Crippen LogP contribution in [0.4, 0.5) is 0 Å². The number of aliphatic hydroxyl groups excluding tert-OH is 1. The highest BCUT2D eigenvalue weighted by molar-refractivity contribution is 9.10. The number of ketones is 1. The number of Topliss-reactive ketones (excluding diaryl/α,β-unsaturated/α-hetero) is 1. The summed E-state index contributed by atoms with van der Waals surface area (Å²) in [5.74, 6) is -1.57. The average molecular weight is 319 g/mol. The Morgan fingerprint density at radius 2 is 2.00 bits per heavy atom. The van der Waals surface area contributed by atoms with Crippen molar-refractivity contribution in [2.24, 2.45) is 0 Å². The van der Waals surface area contributed by atoms with E-state index in [4.69, 9.17) is 5.11 Å². The molecule has 2 atom stereocenters. The van der Waals surface area contributed by atoms with Gasteiger partial charge in [-0.1, -0.05) is 22.0 Å². The molecule has 0 bridgehead atoms. The smallest absolute Gasteiger partial charge is 0.337 e. The number of halogens is 1. The first kappa shape index (κ1) is 14.2. The second kappa shape index (κ2) is 5.66. The van der Waals surface area contributed by atoms with Gasteiger partial charge in [0.15, 0.2) is 11.9 Å². The number of carboxylic acid groups (broad SMARTS) is 1. The highest BCUT2D eigenvalue weighted by atomic mass is 79.9. The van der Waals surface area contributed by atoms with Gasteiger partial charge in [0.25, 0.3) is 0 Å². The highest BCUT2D eigenvalue weighted by Crippen LogP contribution is 2.23. The van der Waals surface area contributed by atoms with Crippen molar-refractivity contribution in [2.75, 3.05) is 0 Å². The topological polar surface area (TPSA) is 74.6 Å². The van der Waals surface area contributed by atoms with Gasteiger partial charge >= 0.3 is 5.97 Å². The van der Waals surface area contributed by atoms with E-state index in [1.807, 2.05) is 0 Å². The maximum atomic E-state index is 11.8. The number of aliphatic carboxylic acids is 1. The number of carbonyl (C=O) groups excluding carboxylic acids is 1. The Bertz CT molecular complexity index is 459. The van der Waals surface area contributed by atoms with Gasteiger partial charge in [-0.3, -0.25) is 4.79 Å². The van der Waals surface area contributed by atoms with Crippen LogP contribution >= 0.6 is 28.6 Å². The fraction of sp³-hybridized carbons (Fsp3) is 0.273. The monoisotopic (exact) mass is 318 g/mol. The summed E-state index contributed by atoms with van der Waals surface area (Å²) < 4.78 is 0. The zero-order valence-corrected chi connectivity index (χ0v) is 11.4. The first-order valence-corrected chi connectivity index (χ1v) is 6.13. The van der Waals surface area contributed by atoms with E-state index in [9.17, 15) is 14.7 Å². The van der Waals surface area contributed by atoms with Crippen molar-refractivity contribution in [1.29, 1.82) is 0 Å². The molecule has 1 aromatic rings. The molecule has 6 heteroatoms. The average Bonchev–Trinajstić information content (AvgIpc) is 2.27. The number of rotatable bonds is 4. The fourth-order valence-corrected chi connectivity index (χ4v) is 1.77. The Hall–Kier alpha value is -0.850. The van der Waals surface area contributed by atoms with Crippen molar-refractivity contribution in [3.8, 4) is 0 Å². The lowest BCUT2D eigenvalue weighted by Crippen LogP contribution is -2.14. The Morgan fingerprint density at radius 3 is 2.47 bits per heavy atom. The van der Waals surface area contributed by atoms with Gasteiger partial charge in [0.2, 0.25) is 0 Å². The molecule has 0 radical (unpaired) electrons. The zero-order valence-electron chi connectivity index (χ0n) is 8.92. The number of hydrogen-bond acceptors (Lipinski definition) is 4. The summed E-state index contributed by atoms with van der Waals surface area (Å²) in [5.41, 5.74) is 0.447. The molecule has 0 aliphatic heterocycles. The van der Waals surface area contributed by atoms with Crippen LogP contribution in [0.15, 0.2) is 23.1 Å². The van der Waals surface area contributed by atoms with Crippen molar-refractivity contribution in [3.05, 3.63) is 29.3 Å². The second-order valence-corrected chi connectivity index (χ2v) is 5.35. The van der Waals surface area contributed by atoms with E-state index in [2.05, 4.69) is 28.6 Å². The molecule has 2 N–H and O–H groups in total. The molecule has 0 aromatic heterocycles. The molecule has 1 rings (SSSR count). The molecule has 0 saturated heterocycles. The molecule has 4 nitrogen and oxygen atoms in total. The van der Waals surface area contributed by atoms with Crippen LogP contribution in [0.3, 0.4) is 0 Å². The lowest BCUT2D eigenvalue weighted by molar-refractivity contribution is -0.146. The Balaban J connectivity index is 3.19. The van der Waals surface area contributed by atoms with E-state index < -0.39 is 16.9 Å². The standard InChI is InChI=1S/C11H11BrO4S/c1-5(12)9(13)7-4-6(2-3-8(7)17)10(14)11(15)16/h2-5,10,14,17H,1H3,(H,15,16). The van der Waals surface area contributed by atoms with Crippen LogP contribution in [0.25, 0.3) is 0 Å². The molecule has 0 amide bonds. The molecule has 0 aliphatic rings. The van der Waals surface area contributed by atoms with Crippen molar-refractivity contribution in [2.45, 2.75) is 22.8 Å². The van der Waals surface area contributed by atoms with Gasteiger partial charge in [-0.2, -0.15) is 0 Å². The van der Waals surface area contributed by atoms with Crippen LogP contribution in [-0.2, 0) is 4.79 Å². The van der Waals surface area contributed by atoms with E-state index in [1.165, 1.54) is 18.2 Å². The predicted octanol–water partition coefficient (Wildman–Crippen LogP) is 2.06. The zero-order chi connectivity index (χ0) is 13.2. The van der Waals surface area contributed by atoms with Gasteiger partial charge < -0.3 is 10.2 Å². The normalized spacial score (nSPS) is 14.1. The summed E-state index contributed by atoms with van der Waals surface area (Å²) in [4.78, 5) is 22.5. The largest absolute Gasteiger partial charge is 0.479 e. The number of alkyl halides is 1. The maximum absolute atomic E-state index is 11.8. The van der Waals surface area contributed by atoms with Gasteiger partial charge in [0.1, 0.15) is 0 Å². The minimum absolute atomic E-state index is 0.159. The van der Waals surface area contributed by atoms with E-state index >= 15 is 0 Å². The molecule has 0 heterocycles. The summed E-state index contributed by atoms with van der Waals surface area (Å²) in [6.45, 7) is 1.66. The summed E-state index contributed by atoms with van der Waals surface area (Å²) in [6.07, 6.45) is -1.64. The third-order valence-electron chi connectivity index (χ3n) is 2.20. The summed E-state index contributed by atoms with van der Waals surface area (Å²) in [7, 11) is 0. The summed E-state index contributed by atoms with van der Waals surface area (Å²) in [6, 6.07) is 4.27. The van der Waals surface area contributed by atoms with E-state index in [0.29, 0.717) is 4.90 Å². The van der Waals surface area contributed by atoms with Gasteiger partial charge in [-0.25, -0.2) is 4.79 Å². The van der Waals surface area contributed by atoms with Gasteiger partial charge in [0, 0.05) is 10.5 Å². The fourth-order valence-electron chi connectivity index (χ4n) is 1.28. The van der Waals surface area contributed by atoms with Crippen LogP contribution in [-0.4, -0.2) is 26.8 Å². The van der Waals surface area contributed by atoms with E-state index in [0.717, 1.165) is 0 Å². The molecule has 0 spiro atoms. The Kier molecular flexibility index (Phi) is 4.73. The molecule has 0 fully saturated rings. The van der Waals surface area contributed by atoms with Crippen LogP contribution in [0.2, 0.25) is 0 Å². The van der Waals surface area contributed by atoms with Gasteiger partial charge in [0.05, 0.1) is 4.83 Å². The lowest BCUT2D eigenvalue weighted by Gasteiger charge is -2.10. The molecule has 0 aliphatic carbocycles. The van der Waals surface area contributed by atoms with Crippen LogP contribution in [0.1, 0.15) is 28.9 Å². The SMILES string of the molecule is CC(Br)C(=O)c1cc(C(O)C(=O)O)ccc1S. The number of hydrogen-bond donors (Lipinski definition) is 3. The maximum Gasteiger partial charge on any atom is 0.337 e. The quantitative estimate of drug-likeness (QED) is 0.451. The minimum Gasteiger partial charge on any atom is -0.479 e. The molecular weight excluding hydrogens is 308 g/mol. The Morgan fingerprint density at radius 1 is 1.41 bits per heavy atom. The van der Waals surface area contributed by atoms with E-state index in [1.54, 1.807) is 6.92 Å². The molecule has 0 saturated carbocycles. The number of carboxylic acids is 1. The molecule has 17 heavy (non-hydrogen) atoms. The summed E-state index contributed by atoms with van der Waals surface area (Å²) in [5, 5.41) is 18.1. The van der Waals surface area contributed by atoms with Crippen molar-refractivity contribution < 1.29 is 19.8 Å². The van der Waals surface area contributed by atoms with E-state index in [-0.39, 0.29) is 16.9 Å². The number of aliphatic hydroxyl groups is 1. The van der Waals surface area contributed by atoms with Crippen molar-refractivity contribution in [3.63, 3.8) is 0 Å². The first-order valence-electron chi connectivity index (χ1n) is 4.76. The number of carbonyl (C=O) groups is 2. The third-order valence-corrected chi connectivity index (χ3v) is 3.00. The number of thiol groups is 1. The molecule has 2 unspecified atom stereocenters. The van der Waals surface area contributed by atoms with Crippen molar-refractivity contribution >= 4 is 40.3 Å². The summed E-state index contributed by atoms with van der Waals surface area (Å²) >= 11 is 7.27. The van der Waals surface area contributed by atoms with Gasteiger partial charge in [-0.05, 0) is 24.6 Å². The Labute approximate surface area is 112 Å². The number of benzene rings is 1. The van der Waals surface area contributed by atoms with Crippen LogP contribution < -0.4 is 0 Å². The molecule has 92 valence electrons. The van der Waals surface area contributed by atoms with Gasteiger partial charge in [-0.15, -0.1) is 12.6 Å². The second-order valence-electron chi connectivity index (χ2n) is 3.50. The first-order chi connectivity index (χ1) is 7.84. The highest BCUT2D eigenvalue weighted by Gasteiger charge is 2.20. The third kappa shape index (κ3) is 3.31. The van der Waals surface area contributed by atoms with Crippen LogP contribution in [0, 0.1) is 0 Å².